The monoisotopic (exact) mass is 257 g/mol. The molecule has 2 N–H and O–H groups in total. The normalized spacial score (nSPS) is 15.1. The molecule has 17 heavy (non-hydrogen) atoms. The molecule has 0 fully saturated rings. The summed E-state index contributed by atoms with van der Waals surface area (Å²) in [4.78, 5) is 0. The van der Waals surface area contributed by atoms with E-state index in [-0.39, 0.29) is 6.04 Å². The van der Waals surface area contributed by atoms with Crippen molar-refractivity contribution < 1.29 is 4.21 Å². The van der Waals surface area contributed by atoms with Crippen molar-refractivity contribution in [2.24, 2.45) is 5.73 Å². The van der Waals surface area contributed by atoms with Gasteiger partial charge in [0.1, 0.15) is 0 Å². The van der Waals surface area contributed by atoms with Crippen LogP contribution in [-0.2, 0) is 16.6 Å². The van der Waals surface area contributed by atoms with E-state index in [1.54, 1.807) is 0 Å². The first-order valence-corrected chi connectivity index (χ1v) is 7.70. The van der Waals surface area contributed by atoms with Gasteiger partial charge in [0.2, 0.25) is 0 Å². The highest BCUT2D eigenvalue weighted by Gasteiger charge is 2.10. The lowest BCUT2D eigenvalue weighted by molar-refractivity contribution is 0.426. The van der Waals surface area contributed by atoms with Crippen molar-refractivity contribution in [1.82, 2.24) is 9.78 Å². The molecule has 98 valence electrons. The Morgan fingerprint density at radius 2 is 2.12 bits per heavy atom. The van der Waals surface area contributed by atoms with E-state index >= 15 is 0 Å². The average Bonchev–Trinajstić information content (AvgIpc) is 2.67. The van der Waals surface area contributed by atoms with Gasteiger partial charge in [-0.25, -0.2) is 0 Å². The van der Waals surface area contributed by atoms with Crippen LogP contribution < -0.4 is 5.73 Å². The lowest BCUT2D eigenvalue weighted by Crippen LogP contribution is -2.23. The Kier molecular flexibility index (Phi) is 5.85. The third-order valence-electron chi connectivity index (χ3n) is 2.74. The van der Waals surface area contributed by atoms with Crippen molar-refractivity contribution in [3.8, 4) is 0 Å². The molecular formula is C12H23N3OS. The van der Waals surface area contributed by atoms with E-state index in [2.05, 4.69) is 18.9 Å². The zero-order valence-corrected chi connectivity index (χ0v) is 11.7. The number of aromatic nitrogens is 2. The second-order valence-corrected chi connectivity index (χ2v) is 5.99. The fourth-order valence-corrected chi connectivity index (χ4v) is 3.03. The summed E-state index contributed by atoms with van der Waals surface area (Å²) in [5, 5.41) is 4.48. The summed E-state index contributed by atoms with van der Waals surface area (Å²) in [6.45, 7) is 6.19. The zero-order chi connectivity index (χ0) is 12.8. The van der Waals surface area contributed by atoms with Crippen LogP contribution in [-0.4, -0.2) is 25.8 Å². The summed E-state index contributed by atoms with van der Waals surface area (Å²) in [6, 6.07) is 2.39. The maximum atomic E-state index is 11.7. The van der Waals surface area contributed by atoms with Crippen LogP contribution in [0.15, 0.2) is 12.3 Å². The highest BCUT2D eigenvalue weighted by Crippen LogP contribution is 2.15. The van der Waals surface area contributed by atoms with Crippen molar-refractivity contribution in [2.75, 3.05) is 5.75 Å². The largest absolute Gasteiger partial charge is 0.327 e. The van der Waals surface area contributed by atoms with Gasteiger partial charge < -0.3 is 5.73 Å². The van der Waals surface area contributed by atoms with Gasteiger partial charge in [0.05, 0.1) is 17.5 Å². The Labute approximate surface area is 106 Å². The first-order valence-electron chi connectivity index (χ1n) is 6.21. The first-order chi connectivity index (χ1) is 8.06. The molecule has 0 aliphatic carbocycles. The Morgan fingerprint density at radius 3 is 2.65 bits per heavy atom. The molecule has 1 aromatic rings. The third kappa shape index (κ3) is 4.60. The predicted molar refractivity (Wildman–Crippen MR) is 72.2 cm³/mol. The highest BCUT2D eigenvalue weighted by molar-refractivity contribution is 7.84. The third-order valence-corrected chi connectivity index (χ3v) is 4.25. The second kappa shape index (κ2) is 6.91. The van der Waals surface area contributed by atoms with Crippen molar-refractivity contribution in [3.63, 3.8) is 0 Å². The van der Waals surface area contributed by atoms with Gasteiger partial charge in [-0.3, -0.25) is 8.89 Å². The fourth-order valence-electron chi connectivity index (χ4n) is 1.84. The van der Waals surface area contributed by atoms with E-state index in [0.717, 1.165) is 18.5 Å². The smallest absolute Gasteiger partial charge is 0.0749 e. The minimum Gasteiger partial charge on any atom is -0.327 e. The van der Waals surface area contributed by atoms with Gasteiger partial charge in [0.25, 0.3) is 0 Å². The van der Waals surface area contributed by atoms with Gasteiger partial charge in [0.15, 0.2) is 0 Å². The predicted octanol–water partition coefficient (Wildman–Crippen LogP) is 1.84. The van der Waals surface area contributed by atoms with Crippen LogP contribution in [0.25, 0.3) is 0 Å². The Bertz CT molecular complexity index is 358. The molecule has 1 aromatic heterocycles. The van der Waals surface area contributed by atoms with Crippen LogP contribution in [0.1, 0.15) is 45.3 Å². The minimum atomic E-state index is -0.906. The van der Waals surface area contributed by atoms with Gasteiger partial charge in [-0.2, -0.15) is 5.10 Å². The topological polar surface area (TPSA) is 60.9 Å². The van der Waals surface area contributed by atoms with Crippen molar-refractivity contribution >= 4 is 10.8 Å². The van der Waals surface area contributed by atoms with E-state index in [4.69, 9.17) is 5.73 Å². The van der Waals surface area contributed by atoms with E-state index in [9.17, 15) is 4.21 Å². The van der Waals surface area contributed by atoms with Crippen LogP contribution in [0, 0.1) is 0 Å². The van der Waals surface area contributed by atoms with E-state index in [0.29, 0.717) is 17.5 Å². The van der Waals surface area contributed by atoms with Crippen LogP contribution in [0.2, 0.25) is 0 Å². The Balaban J connectivity index is 2.59. The van der Waals surface area contributed by atoms with Crippen LogP contribution in [0.4, 0.5) is 0 Å². The molecule has 0 spiro atoms. The zero-order valence-electron chi connectivity index (χ0n) is 10.9. The fraction of sp³-hybridized carbons (Fsp3) is 0.750. The summed E-state index contributed by atoms with van der Waals surface area (Å²) >= 11 is 0. The molecular weight excluding hydrogens is 234 g/mol. The molecule has 0 saturated carbocycles. The SMILES string of the molecule is CCC(CC)n1ccc(CS(=O)CC(C)N)n1. The Hall–Kier alpha value is -0.680. The summed E-state index contributed by atoms with van der Waals surface area (Å²) in [6.07, 6.45) is 4.12. The molecule has 0 bridgehead atoms. The van der Waals surface area contributed by atoms with Gasteiger partial charge in [0, 0.05) is 28.8 Å². The molecule has 4 nitrogen and oxygen atoms in total. The number of nitrogens with zero attached hydrogens (tertiary/aromatic N) is 2. The number of rotatable bonds is 7. The number of hydrogen-bond acceptors (Lipinski definition) is 3. The molecule has 0 amide bonds. The molecule has 0 aliphatic heterocycles. The average molecular weight is 257 g/mol. The maximum Gasteiger partial charge on any atom is 0.0749 e. The van der Waals surface area contributed by atoms with Crippen molar-refractivity contribution in [3.05, 3.63) is 18.0 Å². The van der Waals surface area contributed by atoms with E-state index in [1.807, 2.05) is 23.9 Å². The molecule has 2 unspecified atom stereocenters. The van der Waals surface area contributed by atoms with Crippen LogP contribution >= 0.6 is 0 Å². The highest BCUT2D eigenvalue weighted by atomic mass is 32.2. The lowest BCUT2D eigenvalue weighted by Gasteiger charge is -2.12. The molecule has 5 heteroatoms. The standard InChI is InChI=1S/C12H23N3OS/c1-4-12(5-2)15-7-6-11(14-15)9-17(16)8-10(3)13/h6-7,10,12H,4-5,8-9,13H2,1-3H3. The van der Waals surface area contributed by atoms with Gasteiger partial charge in [-0.15, -0.1) is 0 Å². The van der Waals surface area contributed by atoms with Gasteiger partial charge >= 0.3 is 0 Å². The maximum absolute atomic E-state index is 11.7. The quantitative estimate of drug-likeness (QED) is 0.811. The van der Waals surface area contributed by atoms with Gasteiger partial charge in [-0.05, 0) is 25.8 Å². The molecule has 0 aromatic carbocycles. The van der Waals surface area contributed by atoms with Crippen molar-refractivity contribution in [2.45, 2.75) is 51.4 Å². The first kappa shape index (κ1) is 14.4. The molecule has 1 heterocycles. The van der Waals surface area contributed by atoms with Crippen LogP contribution in [0.3, 0.4) is 0 Å². The minimum absolute atomic E-state index is 0.0167. The van der Waals surface area contributed by atoms with Crippen LogP contribution in [0.5, 0.6) is 0 Å². The molecule has 0 aliphatic rings. The summed E-state index contributed by atoms with van der Waals surface area (Å²) in [5.74, 6) is 1.05. The molecule has 2 atom stereocenters. The number of nitrogens with two attached hydrogens (primary N) is 1. The number of hydrogen-bond donors (Lipinski definition) is 1. The second-order valence-electron chi connectivity index (χ2n) is 4.49. The van der Waals surface area contributed by atoms with E-state index < -0.39 is 10.8 Å². The lowest BCUT2D eigenvalue weighted by atomic mass is 10.2. The molecule has 1 rings (SSSR count). The molecule has 0 radical (unpaired) electrons. The Morgan fingerprint density at radius 1 is 1.47 bits per heavy atom. The summed E-state index contributed by atoms with van der Waals surface area (Å²) in [7, 11) is -0.906. The summed E-state index contributed by atoms with van der Waals surface area (Å²) in [5.41, 5.74) is 6.52. The summed E-state index contributed by atoms with van der Waals surface area (Å²) < 4.78 is 13.7. The van der Waals surface area contributed by atoms with Crippen molar-refractivity contribution in [1.29, 1.82) is 0 Å². The molecule has 0 saturated heterocycles. The van der Waals surface area contributed by atoms with Gasteiger partial charge in [-0.1, -0.05) is 13.8 Å². The van der Waals surface area contributed by atoms with E-state index in [1.165, 1.54) is 0 Å².